The molecular weight excluding hydrogens is 544 g/mol. The molecule has 1 amide bonds. The lowest BCUT2D eigenvalue weighted by Gasteiger charge is -2.44. The van der Waals surface area contributed by atoms with Gasteiger partial charge in [-0.2, -0.15) is 5.10 Å². The average Bonchev–Trinajstić information content (AvgIpc) is 3.53. The number of primary amides is 1. The number of amides is 1. The predicted molar refractivity (Wildman–Crippen MR) is 157 cm³/mol. The van der Waals surface area contributed by atoms with Gasteiger partial charge < -0.3 is 25.7 Å². The van der Waals surface area contributed by atoms with Gasteiger partial charge in [-0.15, -0.1) is 10.8 Å². The van der Waals surface area contributed by atoms with E-state index in [0.717, 1.165) is 42.8 Å². The number of fused-ring (bicyclic) bond motifs is 1. The highest BCUT2D eigenvalue weighted by molar-refractivity contribution is 8.22. The number of nitrogens with one attached hydrogen (secondary N) is 1. The second-order valence-electron chi connectivity index (χ2n) is 10.1. The summed E-state index contributed by atoms with van der Waals surface area (Å²) < 4.78 is 28.2. The molecule has 3 heterocycles. The number of anilines is 2. The second-order valence-corrected chi connectivity index (χ2v) is 13.3. The van der Waals surface area contributed by atoms with E-state index in [4.69, 9.17) is 20.4 Å². The molecule has 2 fully saturated rings. The van der Waals surface area contributed by atoms with Crippen molar-refractivity contribution >= 4 is 49.4 Å². The van der Waals surface area contributed by atoms with E-state index in [2.05, 4.69) is 24.3 Å². The van der Waals surface area contributed by atoms with Gasteiger partial charge in [0.1, 0.15) is 16.6 Å². The van der Waals surface area contributed by atoms with Crippen LogP contribution in [0, 0.1) is 11.8 Å². The lowest BCUT2D eigenvalue weighted by atomic mass is 9.74. The van der Waals surface area contributed by atoms with Crippen molar-refractivity contribution in [1.29, 1.82) is 0 Å². The number of hydrogen-bond acceptors (Lipinski definition) is 12. The van der Waals surface area contributed by atoms with Crippen LogP contribution < -0.4 is 16.1 Å². The van der Waals surface area contributed by atoms with Crippen molar-refractivity contribution in [1.82, 2.24) is 4.31 Å². The molecule has 0 aromatic carbocycles. The van der Waals surface area contributed by atoms with Crippen LogP contribution in [0.2, 0.25) is 0 Å². The van der Waals surface area contributed by atoms with Crippen LogP contribution in [-0.2, 0) is 9.57 Å². The summed E-state index contributed by atoms with van der Waals surface area (Å²) >= 11 is 1.34. The summed E-state index contributed by atoms with van der Waals surface area (Å²) in [6, 6.07) is 1.67. The molecule has 12 nitrogen and oxygen atoms in total. The minimum Gasteiger partial charge on any atom is -0.396 e. The van der Waals surface area contributed by atoms with E-state index >= 15 is 0 Å². The van der Waals surface area contributed by atoms with Gasteiger partial charge in [-0.1, -0.05) is 43.2 Å². The minimum atomic E-state index is -2.95. The Kier molecular flexibility index (Phi) is 10.5. The number of carbonyl (C=O) groups is 1. The van der Waals surface area contributed by atoms with E-state index in [1.807, 2.05) is 5.01 Å². The fourth-order valence-corrected chi connectivity index (χ4v) is 7.76. The molecule has 6 N–H and O–H groups in total. The highest BCUT2D eigenvalue weighted by Crippen LogP contribution is 2.45. The third kappa shape index (κ3) is 7.04. The van der Waals surface area contributed by atoms with Crippen molar-refractivity contribution < 1.29 is 28.6 Å². The number of nitrogens with zero attached hydrogens (tertiary/aromatic N) is 4. The number of thiophene rings is 1. The molecule has 1 aromatic heterocycles. The monoisotopic (exact) mass is 586 g/mol. The van der Waals surface area contributed by atoms with Crippen LogP contribution in [0.4, 0.5) is 10.0 Å². The Labute approximate surface area is 235 Å². The summed E-state index contributed by atoms with van der Waals surface area (Å²) in [5.41, 5.74) is 7.57. The number of carbonyl (C=O) groups excluding carboxylic acids is 1. The number of hydrogen-bond donors (Lipinski definition) is 5. The molecule has 1 aromatic rings. The van der Waals surface area contributed by atoms with E-state index < -0.39 is 16.7 Å². The topological polar surface area (TPSA) is 165 Å². The maximum absolute atomic E-state index is 12.3. The summed E-state index contributed by atoms with van der Waals surface area (Å²) in [4.78, 5) is 18.0. The first-order valence-corrected chi connectivity index (χ1v) is 16.2. The smallest absolute Gasteiger partial charge is 0.251 e. The Hall–Kier alpha value is -1.94. The van der Waals surface area contributed by atoms with Crippen molar-refractivity contribution in [3.05, 3.63) is 11.6 Å². The van der Waals surface area contributed by atoms with Crippen molar-refractivity contribution in [3.8, 4) is 0 Å². The van der Waals surface area contributed by atoms with Crippen molar-refractivity contribution in [2.75, 3.05) is 62.1 Å². The van der Waals surface area contributed by atoms with E-state index in [1.165, 1.54) is 11.3 Å². The first-order valence-electron chi connectivity index (χ1n) is 13.7. The molecule has 0 radical (unpaired) electrons. The number of aliphatic hydroxyl groups excluding tert-OH is 1. The molecule has 3 atom stereocenters. The normalized spacial score (nSPS) is 25.5. The second kappa shape index (κ2) is 13.6. The summed E-state index contributed by atoms with van der Waals surface area (Å²) in [5.74, 6) is -0.232. The first kappa shape index (κ1) is 30.0. The molecule has 1 saturated carbocycles. The maximum atomic E-state index is 12.3. The maximum Gasteiger partial charge on any atom is 0.251 e. The number of rotatable bonds is 13. The lowest BCUT2D eigenvalue weighted by Crippen LogP contribution is -2.44. The van der Waals surface area contributed by atoms with Crippen LogP contribution in [0.25, 0.3) is 0 Å². The van der Waals surface area contributed by atoms with Gasteiger partial charge in [-0.25, -0.2) is 4.31 Å². The summed E-state index contributed by atoms with van der Waals surface area (Å²) in [7, 11) is -2.95. The van der Waals surface area contributed by atoms with Crippen molar-refractivity contribution in [2.24, 2.45) is 27.8 Å². The highest BCUT2D eigenvalue weighted by atomic mass is 32.3. The Bertz CT molecular complexity index is 1040. The van der Waals surface area contributed by atoms with Gasteiger partial charge >= 0.3 is 0 Å². The standard InChI is InChI=1S/C25H42N6O6S2/c1-3-5-9-37-29-19-13-17(4-2)14-21-23(19)20(16-32)28-31(21)22-15-18(24(26)33)25(38-22)27-6-12-39(34,35)30-7-10-36-11-8-30/h15,17,21,23,27,32,34-35H,3-14,16H2,1-2H3,(H2,26,33)/b29-19-. The Morgan fingerprint density at radius 2 is 2.13 bits per heavy atom. The zero-order valence-corrected chi connectivity index (χ0v) is 24.4. The number of hydrazone groups is 1. The molecule has 0 bridgehead atoms. The lowest BCUT2D eigenvalue weighted by molar-refractivity contribution is 0.0686. The van der Waals surface area contributed by atoms with Gasteiger partial charge in [-0.3, -0.25) is 18.9 Å². The van der Waals surface area contributed by atoms with Gasteiger partial charge in [0.25, 0.3) is 5.91 Å². The number of aliphatic hydroxyl groups is 1. The highest BCUT2D eigenvalue weighted by Gasteiger charge is 2.46. The molecule has 3 aliphatic rings. The Morgan fingerprint density at radius 1 is 1.36 bits per heavy atom. The first-order chi connectivity index (χ1) is 18.8. The van der Waals surface area contributed by atoms with Crippen LogP contribution in [0.3, 0.4) is 0 Å². The van der Waals surface area contributed by atoms with Gasteiger partial charge in [0.15, 0.2) is 0 Å². The number of nitrogens with two attached hydrogens (primary N) is 1. The summed E-state index contributed by atoms with van der Waals surface area (Å²) in [6.07, 6.45) is 4.61. The largest absolute Gasteiger partial charge is 0.396 e. The molecule has 14 heteroatoms. The van der Waals surface area contributed by atoms with Crippen molar-refractivity contribution in [2.45, 2.75) is 52.0 Å². The number of ether oxygens (including phenoxy) is 1. The van der Waals surface area contributed by atoms with Crippen LogP contribution in [0.1, 0.15) is 56.3 Å². The summed E-state index contributed by atoms with van der Waals surface area (Å²) in [5, 5.41) is 25.8. The van der Waals surface area contributed by atoms with E-state index in [9.17, 15) is 19.0 Å². The van der Waals surface area contributed by atoms with Gasteiger partial charge in [0.2, 0.25) is 0 Å². The van der Waals surface area contributed by atoms with Gasteiger partial charge in [0.05, 0.1) is 54.5 Å². The third-order valence-corrected chi connectivity index (χ3v) is 10.5. The third-order valence-electron chi connectivity index (χ3n) is 7.49. The number of morpholine rings is 1. The molecule has 39 heavy (non-hydrogen) atoms. The predicted octanol–water partition coefficient (Wildman–Crippen LogP) is 3.40. The van der Waals surface area contributed by atoms with E-state index in [0.29, 0.717) is 55.1 Å². The summed E-state index contributed by atoms with van der Waals surface area (Å²) in [6.45, 7) is 6.74. The van der Waals surface area contributed by atoms with Crippen LogP contribution in [-0.4, -0.2) is 93.7 Å². The molecule has 4 rings (SSSR count). The van der Waals surface area contributed by atoms with E-state index in [1.54, 1.807) is 10.4 Å². The zero-order chi connectivity index (χ0) is 28.0. The molecule has 1 aliphatic carbocycles. The number of unbranched alkanes of at least 4 members (excludes halogenated alkanes) is 1. The molecule has 1 saturated heterocycles. The van der Waals surface area contributed by atoms with E-state index in [-0.39, 0.29) is 30.9 Å². The van der Waals surface area contributed by atoms with Crippen LogP contribution >= 0.6 is 22.1 Å². The average molecular weight is 587 g/mol. The van der Waals surface area contributed by atoms with Gasteiger partial charge in [-0.05, 0) is 31.2 Å². The Balaban J connectivity index is 1.52. The molecule has 0 spiro atoms. The number of oxime groups is 1. The van der Waals surface area contributed by atoms with Crippen LogP contribution in [0.15, 0.2) is 16.3 Å². The van der Waals surface area contributed by atoms with Gasteiger partial charge in [0, 0.05) is 19.6 Å². The van der Waals surface area contributed by atoms with Crippen molar-refractivity contribution in [3.63, 3.8) is 0 Å². The zero-order valence-electron chi connectivity index (χ0n) is 22.8. The quantitative estimate of drug-likeness (QED) is 0.172. The molecule has 220 valence electrons. The fourth-order valence-electron chi connectivity index (χ4n) is 5.30. The molecule has 2 aliphatic heterocycles. The fraction of sp³-hybridized carbons (Fsp3) is 0.720. The Morgan fingerprint density at radius 3 is 2.79 bits per heavy atom. The SMILES string of the molecule is CCCCO/N=C1/CC(CC)CC2C1C(CO)=NN2c1cc(C(N)=O)c(NCCS(O)(O)N2CCOCC2)s1. The molecular formula is C25H42N6O6S2. The molecule has 3 unspecified atom stereocenters. The van der Waals surface area contributed by atoms with Crippen LogP contribution in [0.5, 0.6) is 0 Å². The minimum absolute atomic E-state index is 0.0556.